The molecule has 5 rings (SSSR count). The Morgan fingerprint density at radius 3 is 2.90 bits per heavy atom. The third-order valence-electron chi connectivity index (χ3n) is 5.41. The van der Waals surface area contributed by atoms with E-state index in [9.17, 15) is 0 Å². The number of hydrogen-bond donors (Lipinski definition) is 1. The van der Waals surface area contributed by atoms with Gasteiger partial charge >= 0.3 is 0 Å². The second-order valence-electron chi connectivity index (χ2n) is 7.47. The number of pyridine rings is 1. The van der Waals surface area contributed by atoms with E-state index in [2.05, 4.69) is 31.8 Å². The number of nitrogens with two attached hydrogens (primary N) is 1. The summed E-state index contributed by atoms with van der Waals surface area (Å²) in [5.74, 6) is 0.543. The van der Waals surface area contributed by atoms with Gasteiger partial charge in [0.1, 0.15) is 5.69 Å². The molecule has 4 aromatic rings. The van der Waals surface area contributed by atoms with E-state index in [0.717, 1.165) is 65.8 Å². The van der Waals surface area contributed by atoms with Crippen molar-refractivity contribution < 1.29 is 4.74 Å². The van der Waals surface area contributed by atoms with Gasteiger partial charge in [-0.05, 0) is 62.1 Å². The average molecular weight is 400 g/mol. The number of unbranched alkanes of at least 4 members (excludes halogenated alkanes) is 1. The number of nitrogens with zero attached hydrogens (tertiary/aromatic N) is 5. The number of aryl methyl sites for hydroxylation is 1. The van der Waals surface area contributed by atoms with E-state index in [0.29, 0.717) is 19.0 Å². The molecule has 30 heavy (non-hydrogen) atoms. The highest BCUT2D eigenvalue weighted by Gasteiger charge is 2.24. The Hall–Kier alpha value is -3.32. The van der Waals surface area contributed by atoms with Gasteiger partial charge in [0.25, 0.3) is 0 Å². The maximum atomic E-state index is 5.76. The molecule has 1 aliphatic heterocycles. The smallest absolute Gasteiger partial charge is 0.232 e. The van der Waals surface area contributed by atoms with Gasteiger partial charge < -0.3 is 10.5 Å². The molecular formula is C23H24N6O. The van der Waals surface area contributed by atoms with Gasteiger partial charge in [-0.1, -0.05) is 12.1 Å². The summed E-state index contributed by atoms with van der Waals surface area (Å²) in [4.78, 5) is 13.7. The van der Waals surface area contributed by atoms with Gasteiger partial charge in [-0.25, -0.2) is 9.97 Å². The summed E-state index contributed by atoms with van der Waals surface area (Å²) in [7, 11) is 0. The van der Waals surface area contributed by atoms with Crippen molar-refractivity contribution in [3.8, 4) is 28.4 Å². The first-order chi connectivity index (χ1) is 14.8. The number of rotatable bonds is 7. The van der Waals surface area contributed by atoms with Crippen molar-refractivity contribution in [3.05, 3.63) is 54.5 Å². The van der Waals surface area contributed by atoms with Crippen molar-refractivity contribution >= 4 is 11.0 Å². The van der Waals surface area contributed by atoms with E-state index >= 15 is 0 Å². The Bertz CT molecular complexity index is 1170. The highest BCUT2D eigenvalue weighted by atomic mass is 16.5. The molecule has 7 heteroatoms. The summed E-state index contributed by atoms with van der Waals surface area (Å²) in [6.45, 7) is 2.21. The Balaban J connectivity index is 1.55. The minimum Gasteiger partial charge on any atom is -0.477 e. The van der Waals surface area contributed by atoms with Gasteiger partial charge in [0.15, 0.2) is 0 Å². The fourth-order valence-electron chi connectivity index (χ4n) is 3.96. The fourth-order valence-corrected chi connectivity index (χ4v) is 3.96. The van der Waals surface area contributed by atoms with Crippen molar-refractivity contribution in [2.75, 3.05) is 13.2 Å². The Labute approximate surface area is 174 Å². The molecular weight excluding hydrogens is 376 g/mol. The van der Waals surface area contributed by atoms with Crippen LogP contribution in [0.1, 0.15) is 25.0 Å². The molecule has 152 valence electrons. The largest absolute Gasteiger partial charge is 0.477 e. The van der Waals surface area contributed by atoms with Crippen LogP contribution in [0.25, 0.3) is 33.5 Å². The zero-order valence-corrected chi connectivity index (χ0v) is 16.8. The van der Waals surface area contributed by atoms with Gasteiger partial charge in [0.2, 0.25) is 5.88 Å². The maximum absolute atomic E-state index is 5.76. The van der Waals surface area contributed by atoms with Crippen molar-refractivity contribution in [2.24, 2.45) is 5.73 Å². The topological polar surface area (TPSA) is 91.7 Å². The number of fused-ring (bicyclic) bond motifs is 2. The third-order valence-corrected chi connectivity index (χ3v) is 5.41. The molecule has 4 heterocycles. The molecule has 0 aliphatic carbocycles. The van der Waals surface area contributed by atoms with Crippen molar-refractivity contribution in [2.45, 2.75) is 32.2 Å². The van der Waals surface area contributed by atoms with Gasteiger partial charge in [-0.3, -0.25) is 9.67 Å². The van der Waals surface area contributed by atoms with Crippen LogP contribution < -0.4 is 10.5 Å². The summed E-state index contributed by atoms with van der Waals surface area (Å²) >= 11 is 0. The molecule has 0 saturated carbocycles. The Kier molecular flexibility index (Phi) is 5.11. The van der Waals surface area contributed by atoms with Crippen LogP contribution in [0.5, 0.6) is 5.88 Å². The average Bonchev–Trinajstić information content (AvgIpc) is 3.38. The highest BCUT2D eigenvalue weighted by molar-refractivity contribution is 5.87. The summed E-state index contributed by atoms with van der Waals surface area (Å²) in [5.41, 5.74) is 12.5. The second-order valence-corrected chi connectivity index (χ2v) is 7.47. The van der Waals surface area contributed by atoms with Crippen LogP contribution in [-0.4, -0.2) is 37.9 Å². The number of aromatic nitrogens is 5. The van der Waals surface area contributed by atoms with E-state index in [4.69, 9.17) is 15.6 Å². The van der Waals surface area contributed by atoms with E-state index in [-0.39, 0.29) is 0 Å². The molecule has 0 atom stereocenters. The summed E-state index contributed by atoms with van der Waals surface area (Å²) in [5, 5.41) is 4.88. The Morgan fingerprint density at radius 2 is 2.03 bits per heavy atom. The molecule has 0 saturated heterocycles. The molecule has 0 amide bonds. The summed E-state index contributed by atoms with van der Waals surface area (Å²) in [6.07, 6.45) is 7.47. The van der Waals surface area contributed by atoms with Crippen LogP contribution >= 0.6 is 0 Å². The molecule has 0 bridgehead atoms. The van der Waals surface area contributed by atoms with Crippen molar-refractivity contribution in [3.63, 3.8) is 0 Å². The van der Waals surface area contributed by atoms with Crippen LogP contribution in [0.3, 0.4) is 0 Å². The molecule has 7 nitrogen and oxygen atoms in total. The summed E-state index contributed by atoms with van der Waals surface area (Å²) in [6, 6.07) is 12.1. The molecule has 0 spiro atoms. The van der Waals surface area contributed by atoms with Crippen molar-refractivity contribution in [1.82, 2.24) is 24.7 Å². The minimum atomic E-state index is 0.543. The zero-order valence-electron chi connectivity index (χ0n) is 16.8. The van der Waals surface area contributed by atoms with Crippen LogP contribution in [-0.2, 0) is 13.0 Å². The van der Waals surface area contributed by atoms with Gasteiger partial charge in [0, 0.05) is 24.0 Å². The minimum absolute atomic E-state index is 0.543. The quantitative estimate of drug-likeness (QED) is 0.477. The van der Waals surface area contributed by atoms with Crippen LogP contribution in [0.15, 0.2) is 48.8 Å². The third kappa shape index (κ3) is 3.52. The molecule has 0 radical (unpaired) electrons. The van der Waals surface area contributed by atoms with E-state index in [1.165, 1.54) is 5.69 Å². The number of ether oxygens (including phenoxy) is 1. The standard InChI is InChI=1S/C23H24N6O/c24-10-2-4-13-30-21-15-26-17-9-8-16(14-19(17)27-21)22-20-7-5-12-29(20)28-23(22)18-6-1-3-11-25-18/h1,3,6,8-9,11,14-15H,2,4-5,7,10,12-13,24H2. The first kappa shape index (κ1) is 18.7. The maximum Gasteiger partial charge on any atom is 0.232 e. The zero-order chi connectivity index (χ0) is 20.3. The molecule has 2 N–H and O–H groups in total. The van der Waals surface area contributed by atoms with Crippen LogP contribution in [0.2, 0.25) is 0 Å². The lowest BCUT2D eigenvalue weighted by Crippen LogP contribution is -2.04. The first-order valence-electron chi connectivity index (χ1n) is 10.4. The van der Waals surface area contributed by atoms with Gasteiger partial charge in [0.05, 0.1) is 29.5 Å². The molecule has 3 aromatic heterocycles. The van der Waals surface area contributed by atoms with E-state index in [1.807, 2.05) is 30.5 Å². The van der Waals surface area contributed by atoms with Crippen molar-refractivity contribution in [1.29, 1.82) is 0 Å². The molecule has 0 fully saturated rings. The van der Waals surface area contributed by atoms with E-state index < -0.39 is 0 Å². The summed E-state index contributed by atoms with van der Waals surface area (Å²) < 4.78 is 7.88. The van der Waals surface area contributed by atoms with Crippen LogP contribution in [0, 0.1) is 0 Å². The lowest BCUT2D eigenvalue weighted by Gasteiger charge is -2.08. The Morgan fingerprint density at radius 1 is 1.07 bits per heavy atom. The predicted octanol–water partition coefficient (Wildman–Crippen LogP) is 3.62. The van der Waals surface area contributed by atoms with Gasteiger partial charge in [-0.2, -0.15) is 5.10 Å². The van der Waals surface area contributed by atoms with E-state index in [1.54, 1.807) is 6.20 Å². The second kappa shape index (κ2) is 8.20. The normalized spacial score (nSPS) is 13.0. The lowest BCUT2D eigenvalue weighted by molar-refractivity contribution is 0.296. The first-order valence-corrected chi connectivity index (χ1v) is 10.4. The molecule has 0 unspecified atom stereocenters. The SMILES string of the molecule is NCCCCOc1cnc2ccc(-c3c(-c4ccccn4)nn4c3CCC4)cc2n1. The van der Waals surface area contributed by atoms with Gasteiger partial charge in [-0.15, -0.1) is 0 Å². The molecule has 1 aromatic carbocycles. The molecule has 1 aliphatic rings. The lowest BCUT2D eigenvalue weighted by atomic mass is 9.99. The fraction of sp³-hybridized carbons (Fsp3) is 0.304. The monoisotopic (exact) mass is 400 g/mol. The number of hydrogen-bond acceptors (Lipinski definition) is 6. The van der Waals surface area contributed by atoms with Crippen LogP contribution in [0.4, 0.5) is 0 Å². The predicted molar refractivity (Wildman–Crippen MR) is 116 cm³/mol. The number of benzene rings is 1. The highest BCUT2D eigenvalue weighted by Crippen LogP contribution is 2.37.